The number of oxazole rings is 1. The van der Waals surface area contributed by atoms with E-state index in [1.54, 1.807) is 30.2 Å². The van der Waals surface area contributed by atoms with Gasteiger partial charge in [0, 0.05) is 12.0 Å². The van der Waals surface area contributed by atoms with Crippen LogP contribution in [-0.2, 0) is 5.41 Å². The van der Waals surface area contributed by atoms with Crippen molar-refractivity contribution in [3.05, 3.63) is 46.9 Å². The Bertz CT molecular complexity index is 842. The quantitative estimate of drug-likeness (QED) is 0.836. The number of aromatic nitrogens is 2. The zero-order valence-corrected chi connectivity index (χ0v) is 15.0. The Labute approximate surface area is 147 Å². The van der Waals surface area contributed by atoms with Gasteiger partial charge in [0.25, 0.3) is 5.91 Å². The summed E-state index contributed by atoms with van der Waals surface area (Å²) in [6.45, 7) is 8.62. The molecular weight excluding hydrogens is 316 g/mol. The number of rotatable bonds is 2. The third kappa shape index (κ3) is 3.27. The van der Waals surface area contributed by atoms with Crippen molar-refractivity contribution in [1.82, 2.24) is 14.9 Å². The number of likely N-dealkylation sites (tertiary alicyclic amines) is 1. The second kappa shape index (κ2) is 6.32. The first-order chi connectivity index (χ1) is 11.8. The first-order valence-electron chi connectivity index (χ1n) is 8.46. The average Bonchev–Trinajstić information content (AvgIpc) is 3.22. The van der Waals surface area contributed by atoms with Gasteiger partial charge in [0.2, 0.25) is 5.89 Å². The van der Waals surface area contributed by atoms with E-state index >= 15 is 0 Å². The van der Waals surface area contributed by atoms with Gasteiger partial charge in [0.05, 0.1) is 17.0 Å². The van der Waals surface area contributed by atoms with Crippen LogP contribution < -0.4 is 0 Å². The number of pyridine rings is 1. The standard InChI is InChI=1S/C19H22N4O2/c1-12-13(10-20)7-8-14(21-12)18(24)23-9-5-6-15(23)17-22-16(11-25-17)19(2,3)4/h7-8,11,15H,5-6,9H2,1-4H3/t15-/m1/s1. The maximum atomic E-state index is 12.9. The van der Waals surface area contributed by atoms with Crippen molar-refractivity contribution < 1.29 is 9.21 Å². The Morgan fingerprint density at radius 1 is 1.36 bits per heavy atom. The van der Waals surface area contributed by atoms with Crippen molar-refractivity contribution in [3.63, 3.8) is 0 Å². The Morgan fingerprint density at radius 2 is 2.12 bits per heavy atom. The molecule has 0 bridgehead atoms. The van der Waals surface area contributed by atoms with Crippen LogP contribution in [0.2, 0.25) is 0 Å². The van der Waals surface area contributed by atoms with Crippen LogP contribution in [0.15, 0.2) is 22.8 Å². The van der Waals surface area contributed by atoms with Crippen LogP contribution in [0.1, 0.15) is 73.0 Å². The second-order valence-electron chi connectivity index (χ2n) is 7.42. The third-order valence-corrected chi connectivity index (χ3v) is 4.51. The third-order valence-electron chi connectivity index (χ3n) is 4.51. The Kier molecular flexibility index (Phi) is 4.34. The molecule has 1 aliphatic rings. The lowest BCUT2D eigenvalue weighted by Crippen LogP contribution is -2.31. The number of carbonyl (C=O) groups excluding carboxylic acids is 1. The van der Waals surface area contributed by atoms with Gasteiger partial charge in [-0.25, -0.2) is 9.97 Å². The molecule has 6 nitrogen and oxygen atoms in total. The van der Waals surface area contributed by atoms with Gasteiger partial charge >= 0.3 is 0 Å². The van der Waals surface area contributed by atoms with E-state index in [0.717, 1.165) is 18.5 Å². The summed E-state index contributed by atoms with van der Waals surface area (Å²) in [5, 5.41) is 9.01. The van der Waals surface area contributed by atoms with Gasteiger partial charge < -0.3 is 9.32 Å². The first-order valence-corrected chi connectivity index (χ1v) is 8.46. The van der Waals surface area contributed by atoms with Crippen LogP contribution in [0.4, 0.5) is 0 Å². The molecule has 0 aliphatic carbocycles. The van der Waals surface area contributed by atoms with E-state index in [1.165, 1.54) is 0 Å². The Balaban J connectivity index is 1.86. The average molecular weight is 338 g/mol. The van der Waals surface area contributed by atoms with Gasteiger partial charge in [-0.2, -0.15) is 5.26 Å². The molecule has 130 valence electrons. The van der Waals surface area contributed by atoms with Crippen LogP contribution in [0, 0.1) is 18.3 Å². The Hall–Kier alpha value is -2.68. The summed E-state index contributed by atoms with van der Waals surface area (Å²) in [6.07, 6.45) is 3.41. The monoisotopic (exact) mass is 338 g/mol. The lowest BCUT2D eigenvalue weighted by atomic mass is 9.93. The first kappa shape index (κ1) is 17.2. The van der Waals surface area contributed by atoms with E-state index in [4.69, 9.17) is 9.68 Å². The fourth-order valence-electron chi connectivity index (χ4n) is 3.00. The van der Waals surface area contributed by atoms with Crippen molar-refractivity contribution in [2.75, 3.05) is 6.54 Å². The molecule has 0 saturated carbocycles. The SMILES string of the molecule is Cc1nc(C(=O)N2CCC[C@@H]2c2nc(C(C)(C)C)co2)ccc1C#N. The fraction of sp³-hybridized carbons (Fsp3) is 0.474. The van der Waals surface area contributed by atoms with Crippen LogP contribution >= 0.6 is 0 Å². The fourth-order valence-corrected chi connectivity index (χ4v) is 3.00. The van der Waals surface area contributed by atoms with Gasteiger partial charge in [0.1, 0.15) is 24.1 Å². The summed E-state index contributed by atoms with van der Waals surface area (Å²) < 4.78 is 5.68. The van der Waals surface area contributed by atoms with Gasteiger partial charge in [-0.05, 0) is 31.9 Å². The summed E-state index contributed by atoms with van der Waals surface area (Å²) in [7, 11) is 0. The van der Waals surface area contributed by atoms with Gasteiger partial charge in [-0.1, -0.05) is 20.8 Å². The van der Waals surface area contributed by atoms with Gasteiger partial charge in [-0.15, -0.1) is 0 Å². The molecule has 1 aliphatic heterocycles. The lowest BCUT2D eigenvalue weighted by molar-refractivity contribution is 0.0709. The minimum atomic E-state index is -0.165. The van der Waals surface area contributed by atoms with Crippen LogP contribution in [0.25, 0.3) is 0 Å². The summed E-state index contributed by atoms with van der Waals surface area (Å²) in [4.78, 5) is 23.6. The smallest absolute Gasteiger partial charge is 0.273 e. The zero-order chi connectivity index (χ0) is 18.2. The predicted octanol–water partition coefficient (Wildman–Crippen LogP) is 3.52. The normalized spacial score (nSPS) is 17.6. The molecule has 6 heteroatoms. The predicted molar refractivity (Wildman–Crippen MR) is 91.9 cm³/mol. The largest absolute Gasteiger partial charge is 0.446 e. The minimum Gasteiger partial charge on any atom is -0.446 e. The molecule has 0 aromatic carbocycles. The van der Waals surface area contributed by atoms with E-state index in [1.807, 2.05) is 0 Å². The highest BCUT2D eigenvalue weighted by Gasteiger charge is 2.35. The molecule has 3 rings (SSSR count). The lowest BCUT2D eigenvalue weighted by Gasteiger charge is -2.22. The van der Waals surface area contributed by atoms with E-state index in [0.29, 0.717) is 29.4 Å². The zero-order valence-electron chi connectivity index (χ0n) is 15.0. The molecule has 1 amide bonds. The van der Waals surface area contributed by atoms with Crippen molar-refractivity contribution in [3.8, 4) is 6.07 Å². The van der Waals surface area contributed by atoms with Crippen molar-refractivity contribution in [1.29, 1.82) is 5.26 Å². The van der Waals surface area contributed by atoms with E-state index in [9.17, 15) is 4.79 Å². The van der Waals surface area contributed by atoms with Gasteiger partial charge in [0.15, 0.2) is 0 Å². The number of nitrogens with zero attached hydrogens (tertiary/aromatic N) is 4. The molecule has 0 unspecified atom stereocenters. The molecule has 1 fully saturated rings. The number of hydrogen-bond acceptors (Lipinski definition) is 5. The summed E-state index contributed by atoms with van der Waals surface area (Å²) >= 11 is 0. The summed E-state index contributed by atoms with van der Waals surface area (Å²) in [5.41, 5.74) is 2.19. The molecule has 1 atom stereocenters. The summed E-state index contributed by atoms with van der Waals surface area (Å²) in [5.74, 6) is 0.437. The van der Waals surface area contributed by atoms with Crippen molar-refractivity contribution in [2.24, 2.45) is 0 Å². The summed E-state index contributed by atoms with van der Waals surface area (Å²) in [6, 6.07) is 5.16. The highest BCUT2D eigenvalue weighted by atomic mass is 16.3. The number of carbonyl (C=O) groups is 1. The molecule has 0 N–H and O–H groups in total. The number of aryl methyl sites for hydroxylation is 1. The molecule has 2 aromatic heterocycles. The number of hydrogen-bond donors (Lipinski definition) is 0. The van der Waals surface area contributed by atoms with Crippen molar-refractivity contribution >= 4 is 5.91 Å². The topological polar surface area (TPSA) is 83.0 Å². The van der Waals surface area contributed by atoms with Crippen LogP contribution in [0.5, 0.6) is 0 Å². The maximum absolute atomic E-state index is 12.9. The maximum Gasteiger partial charge on any atom is 0.273 e. The second-order valence-corrected chi connectivity index (χ2v) is 7.42. The molecular formula is C19H22N4O2. The molecule has 0 spiro atoms. The van der Waals surface area contributed by atoms with Gasteiger partial charge in [-0.3, -0.25) is 4.79 Å². The Morgan fingerprint density at radius 3 is 2.72 bits per heavy atom. The highest BCUT2D eigenvalue weighted by molar-refractivity contribution is 5.92. The van der Waals surface area contributed by atoms with E-state index in [-0.39, 0.29) is 17.4 Å². The molecule has 3 heterocycles. The molecule has 25 heavy (non-hydrogen) atoms. The number of amides is 1. The van der Waals surface area contributed by atoms with Crippen LogP contribution in [0.3, 0.4) is 0 Å². The molecule has 0 radical (unpaired) electrons. The number of nitriles is 1. The minimum absolute atomic E-state index is 0.0962. The van der Waals surface area contributed by atoms with E-state index < -0.39 is 0 Å². The van der Waals surface area contributed by atoms with Crippen molar-refractivity contribution in [2.45, 2.75) is 52.0 Å². The molecule has 2 aromatic rings. The van der Waals surface area contributed by atoms with Crippen LogP contribution in [-0.4, -0.2) is 27.3 Å². The van der Waals surface area contributed by atoms with E-state index in [2.05, 4.69) is 36.8 Å². The highest BCUT2D eigenvalue weighted by Crippen LogP contribution is 2.34. The molecule has 1 saturated heterocycles.